The fraction of sp³-hybridized carbons (Fsp3) is 0.417. The van der Waals surface area contributed by atoms with Crippen LogP contribution >= 0.6 is 0 Å². The molecule has 1 atom stereocenters. The van der Waals surface area contributed by atoms with Crippen LogP contribution < -0.4 is 11.1 Å². The van der Waals surface area contributed by atoms with E-state index < -0.39 is 0 Å². The number of carbonyl (C=O) groups excluding carboxylic acids is 1. The van der Waals surface area contributed by atoms with Crippen LogP contribution in [-0.4, -0.2) is 42.2 Å². The van der Waals surface area contributed by atoms with Gasteiger partial charge in [0.2, 0.25) is 5.91 Å². The number of aliphatic hydroxyl groups is 1. The Labute approximate surface area is 100 Å². The van der Waals surface area contributed by atoms with Crippen molar-refractivity contribution in [1.29, 1.82) is 0 Å². The predicted octanol–water partition coefficient (Wildman–Crippen LogP) is 0.388. The lowest BCUT2D eigenvalue weighted by Gasteiger charge is -2.31. The van der Waals surface area contributed by atoms with Gasteiger partial charge in [0.25, 0.3) is 0 Å². The zero-order valence-corrected chi connectivity index (χ0v) is 9.73. The second-order valence-electron chi connectivity index (χ2n) is 4.25. The van der Waals surface area contributed by atoms with Gasteiger partial charge in [-0.2, -0.15) is 0 Å². The molecule has 5 heteroatoms. The van der Waals surface area contributed by atoms with Crippen molar-refractivity contribution in [2.45, 2.75) is 12.5 Å². The van der Waals surface area contributed by atoms with E-state index in [0.29, 0.717) is 18.7 Å². The molecule has 2 rings (SSSR count). The van der Waals surface area contributed by atoms with Crippen molar-refractivity contribution in [3.8, 4) is 0 Å². The SMILES string of the molecule is CN(CCO)C1Cc2c([NH])cccc2NC1=O. The van der Waals surface area contributed by atoms with Gasteiger partial charge in [-0.25, -0.2) is 0 Å². The summed E-state index contributed by atoms with van der Waals surface area (Å²) >= 11 is 0. The van der Waals surface area contributed by atoms with Crippen LogP contribution in [0, 0.1) is 0 Å². The van der Waals surface area contributed by atoms with Gasteiger partial charge in [-0.1, -0.05) is 6.07 Å². The average molecular weight is 234 g/mol. The third-order valence-corrected chi connectivity index (χ3v) is 3.12. The van der Waals surface area contributed by atoms with Crippen molar-refractivity contribution < 1.29 is 9.90 Å². The van der Waals surface area contributed by atoms with Gasteiger partial charge in [0.05, 0.1) is 18.3 Å². The van der Waals surface area contributed by atoms with Gasteiger partial charge in [-0.3, -0.25) is 9.69 Å². The smallest absolute Gasteiger partial charge is 0.242 e. The van der Waals surface area contributed by atoms with Crippen LogP contribution in [-0.2, 0) is 11.2 Å². The second kappa shape index (κ2) is 4.73. The van der Waals surface area contributed by atoms with E-state index in [0.717, 1.165) is 11.3 Å². The maximum Gasteiger partial charge on any atom is 0.242 e. The summed E-state index contributed by atoms with van der Waals surface area (Å²) in [7, 11) is 1.80. The highest BCUT2D eigenvalue weighted by Crippen LogP contribution is 2.29. The molecule has 0 bridgehead atoms. The van der Waals surface area contributed by atoms with Crippen molar-refractivity contribution in [1.82, 2.24) is 10.6 Å². The van der Waals surface area contributed by atoms with E-state index >= 15 is 0 Å². The molecule has 1 aliphatic heterocycles. The molecule has 0 saturated heterocycles. The number of hydrogen-bond donors (Lipinski definition) is 2. The number of nitrogens with zero attached hydrogens (tertiary/aromatic N) is 1. The molecular weight excluding hydrogens is 218 g/mol. The molecule has 0 aliphatic carbocycles. The summed E-state index contributed by atoms with van der Waals surface area (Å²) in [5.41, 5.74) is 9.87. The van der Waals surface area contributed by atoms with E-state index in [1.807, 2.05) is 11.0 Å². The molecule has 1 heterocycles. The first-order valence-corrected chi connectivity index (χ1v) is 5.59. The van der Waals surface area contributed by atoms with Crippen LogP contribution in [0.5, 0.6) is 0 Å². The summed E-state index contributed by atoms with van der Waals surface area (Å²) in [6, 6.07) is 4.99. The Morgan fingerprint density at radius 1 is 1.59 bits per heavy atom. The fourth-order valence-electron chi connectivity index (χ4n) is 2.10. The highest BCUT2D eigenvalue weighted by molar-refractivity contribution is 5.98. The molecule has 1 radical (unpaired) electrons. The zero-order chi connectivity index (χ0) is 12.4. The molecule has 91 valence electrons. The number of likely N-dealkylation sites (N-methyl/N-ethyl adjacent to an activating group) is 1. The normalized spacial score (nSPS) is 19.0. The summed E-state index contributed by atoms with van der Waals surface area (Å²) in [5.74, 6) is -0.0703. The number of anilines is 1. The second-order valence-corrected chi connectivity index (χ2v) is 4.25. The van der Waals surface area contributed by atoms with Crippen molar-refractivity contribution >= 4 is 17.3 Å². The highest BCUT2D eigenvalue weighted by atomic mass is 16.3. The molecule has 0 aromatic heterocycles. The molecule has 1 aromatic rings. The highest BCUT2D eigenvalue weighted by Gasteiger charge is 2.30. The molecule has 3 N–H and O–H groups in total. The van der Waals surface area contributed by atoms with Crippen LogP contribution in [0.3, 0.4) is 0 Å². The Morgan fingerprint density at radius 2 is 2.35 bits per heavy atom. The summed E-state index contributed by atoms with van der Waals surface area (Å²) in [4.78, 5) is 13.7. The van der Waals surface area contributed by atoms with Crippen LogP contribution in [0.2, 0.25) is 0 Å². The first-order chi connectivity index (χ1) is 8.13. The minimum atomic E-state index is -0.304. The van der Waals surface area contributed by atoms with Crippen LogP contribution in [0.15, 0.2) is 18.2 Å². The van der Waals surface area contributed by atoms with E-state index in [1.54, 1.807) is 19.2 Å². The summed E-state index contributed by atoms with van der Waals surface area (Å²) in [6.45, 7) is 0.475. The number of amides is 1. The fourth-order valence-corrected chi connectivity index (χ4v) is 2.10. The lowest BCUT2D eigenvalue weighted by Crippen LogP contribution is -2.47. The number of rotatable bonds is 3. The Bertz CT molecular complexity index is 434. The molecule has 1 amide bonds. The predicted molar refractivity (Wildman–Crippen MR) is 65.0 cm³/mol. The van der Waals surface area contributed by atoms with E-state index in [-0.39, 0.29) is 18.6 Å². The Kier molecular flexibility index (Phi) is 3.31. The lowest BCUT2D eigenvalue weighted by molar-refractivity contribution is -0.121. The average Bonchev–Trinajstić information content (AvgIpc) is 2.29. The number of hydrogen-bond acceptors (Lipinski definition) is 3. The standard InChI is InChI=1S/C12H16N3O2/c1-15(5-6-16)11-7-8-9(13)3-2-4-10(8)14-12(11)17/h2-4,11,13,16H,5-7H2,1H3,(H,14,17). The molecule has 17 heavy (non-hydrogen) atoms. The van der Waals surface area contributed by atoms with Crippen LogP contribution in [0.25, 0.3) is 0 Å². The minimum absolute atomic E-state index is 0.0235. The van der Waals surface area contributed by atoms with Crippen molar-refractivity contribution in [3.05, 3.63) is 23.8 Å². The zero-order valence-electron chi connectivity index (χ0n) is 9.73. The summed E-state index contributed by atoms with van der Waals surface area (Å²) in [5, 5.41) is 11.7. The van der Waals surface area contributed by atoms with Crippen LogP contribution in [0.4, 0.5) is 11.4 Å². The van der Waals surface area contributed by atoms with Crippen molar-refractivity contribution in [3.63, 3.8) is 0 Å². The number of carbonyl (C=O) groups is 1. The molecule has 5 nitrogen and oxygen atoms in total. The van der Waals surface area contributed by atoms with Gasteiger partial charge in [-0.05, 0) is 19.2 Å². The molecule has 0 saturated carbocycles. The molecule has 1 aromatic carbocycles. The van der Waals surface area contributed by atoms with E-state index in [9.17, 15) is 4.79 Å². The number of aliphatic hydroxyl groups excluding tert-OH is 1. The number of benzene rings is 1. The number of nitrogens with one attached hydrogen (secondary N) is 2. The van der Waals surface area contributed by atoms with Gasteiger partial charge >= 0.3 is 0 Å². The first-order valence-electron chi connectivity index (χ1n) is 5.59. The largest absolute Gasteiger partial charge is 0.395 e. The van der Waals surface area contributed by atoms with Gasteiger partial charge in [0, 0.05) is 24.2 Å². The molecular formula is C12H16N3O2. The Hall–Kier alpha value is -1.59. The third-order valence-electron chi connectivity index (χ3n) is 3.12. The lowest BCUT2D eigenvalue weighted by atomic mass is 9.96. The quantitative estimate of drug-likeness (QED) is 0.794. The van der Waals surface area contributed by atoms with Crippen molar-refractivity contribution in [2.24, 2.45) is 0 Å². The summed E-state index contributed by atoms with van der Waals surface area (Å²) in [6.07, 6.45) is 0.525. The van der Waals surface area contributed by atoms with E-state index in [2.05, 4.69) is 5.32 Å². The molecule has 0 spiro atoms. The van der Waals surface area contributed by atoms with Gasteiger partial charge in [0.1, 0.15) is 0 Å². The number of fused-ring (bicyclic) bond motifs is 1. The van der Waals surface area contributed by atoms with Gasteiger partial charge in [0.15, 0.2) is 0 Å². The maximum absolute atomic E-state index is 11.9. The molecule has 1 unspecified atom stereocenters. The molecule has 1 aliphatic rings. The van der Waals surface area contributed by atoms with E-state index in [1.165, 1.54) is 0 Å². The van der Waals surface area contributed by atoms with Crippen molar-refractivity contribution in [2.75, 3.05) is 25.5 Å². The Balaban J connectivity index is 2.25. The maximum atomic E-state index is 11.9. The van der Waals surface area contributed by atoms with Crippen LogP contribution in [0.1, 0.15) is 5.56 Å². The first kappa shape index (κ1) is 11.9. The van der Waals surface area contributed by atoms with Gasteiger partial charge in [-0.15, -0.1) is 0 Å². The third kappa shape index (κ3) is 2.25. The summed E-state index contributed by atoms with van der Waals surface area (Å²) < 4.78 is 0. The van der Waals surface area contributed by atoms with Gasteiger partial charge < -0.3 is 16.2 Å². The Morgan fingerprint density at radius 3 is 3.06 bits per heavy atom. The minimum Gasteiger partial charge on any atom is -0.395 e. The topological polar surface area (TPSA) is 76.4 Å². The monoisotopic (exact) mass is 234 g/mol. The molecule has 0 fully saturated rings. The van der Waals surface area contributed by atoms with E-state index in [4.69, 9.17) is 10.8 Å².